The number of hydrogen-bond acceptors (Lipinski definition) is 12. The van der Waals surface area contributed by atoms with E-state index in [1.165, 1.54) is 37.1 Å². The van der Waals surface area contributed by atoms with E-state index in [-0.39, 0.29) is 17.5 Å². The lowest BCUT2D eigenvalue weighted by atomic mass is 9.97. The first-order valence-corrected chi connectivity index (χ1v) is 9.86. The van der Waals surface area contributed by atoms with Crippen LogP contribution in [0.15, 0.2) is 24.3 Å². The molecule has 0 spiro atoms. The van der Waals surface area contributed by atoms with Crippen molar-refractivity contribution < 1.29 is 59.8 Å². The Kier molecular flexibility index (Phi) is 15.9. The first-order chi connectivity index (χ1) is 15.4. The van der Waals surface area contributed by atoms with Gasteiger partial charge in [0.1, 0.15) is 0 Å². The Bertz CT molecular complexity index is 683. The van der Waals surface area contributed by atoms with E-state index in [1.54, 1.807) is 0 Å². The van der Waals surface area contributed by atoms with Crippen molar-refractivity contribution in [3.8, 4) is 0 Å². The highest BCUT2D eigenvalue weighted by Crippen LogP contribution is 2.17. The highest BCUT2D eigenvalue weighted by Gasteiger charge is 2.24. The van der Waals surface area contributed by atoms with Crippen LogP contribution in [0.2, 0.25) is 0 Å². The molecule has 1 unspecified atom stereocenters. The topological polar surface area (TPSA) is 186 Å². The van der Waals surface area contributed by atoms with Gasteiger partial charge in [0.15, 0.2) is 0 Å². The van der Waals surface area contributed by atoms with Crippen LogP contribution in [-0.2, 0) is 29.1 Å². The zero-order valence-corrected chi connectivity index (χ0v) is 17.6. The highest BCUT2D eigenvalue weighted by molar-refractivity contribution is 6.02. The van der Waals surface area contributed by atoms with Gasteiger partial charge in [-0.1, -0.05) is 57.6 Å². The Morgan fingerprint density at radius 3 is 1.69 bits per heavy atom. The molecule has 0 aliphatic heterocycles. The van der Waals surface area contributed by atoms with Crippen molar-refractivity contribution in [3.05, 3.63) is 35.4 Å². The van der Waals surface area contributed by atoms with Crippen LogP contribution in [0.5, 0.6) is 0 Å². The SMILES string of the molecule is CCCCCCCCC(CC(=O)OO)C(=O)OO.O=C(OO)c1ccccc1C(=O)OO. The fraction of sp³-hybridized carbons (Fsp3) is 0.500. The van der Waals surface area contributed by atoms with Crippen molar-refractivity contribution in [1.82, 2.24) is 0 Å². The first-order valence-electron chi connectivity index (χ1n) is 9.86. The summed E-state index contributed by atoms with van der Waals surface area (Å²) in [6.45, 7) is 2.13. The number of rotatable bonds is 12. The van der Waals surface area contributed by atoms with Crippen LogP contribution < -0.4 is 0 Å². The van der Waals surface area contributed by atoms with Gasteiger partial charge in [-0.2, -0.15) is 21.0 Å². The summed E-state index contributed by atoms with van der Waals surface area (Å²) in [6.07, 6.45) is 6.47. The summed E-state index contributed by atoms with van der Waals surface area (Å²) in [7, 11) is 0. The Balaban J connectivity index is 0.000000618. The van der Waals surface area contributed by atoms with E-state index in [4.69, 9.17) is 21.0 Å². The van der Waals surface area contributed by atoms with Crippen molar-refractivity contribution in [2.45, 2.75) is 58.3 Å². The van der Waals surface area contributed by atoms with Gasteiger partial charge in [-0.3, -0.25) is 9.78 Å². The van der Waals surface area contributed by atoms with Crippen LogP contribution >= 0.6 is 0 Å². The molecule has 0 saturated heterocycles. The highest BCUT2D eigenvalue weighted by atomic mass is 17.1. The van der Waals surface area contributed by atoms with Gasteiger partial charge in [0.2, 0.25) is 0 Å². The van der Waals surface area contributed by atoms with Gasteiger partial charge in [0.05, 0.1) is 23.5 Å². The quantitative estimate of drug-likeness (QED) is 0.153. The van der Waals surface area contributed by atoms with Crippen LogP contribution in [0.3, 0.4) is 0 Å². The molecule has 180 valence electrons. The maximum Gasteiger partial charge on any atom is 0.373 e. The minimum absolute atomic E-state index is 0.200. The first kappa shape index (κ1) is 28.9. The molecule has 12 nitrogen and oxygen atoms in total. The molecular weight excluding hydrogens is 432 g/mol. The number of carbonyl (C=O) groups is 4. The van der Waals surface area contributed by atoms with Gasteiger partial charge >= 0.3 is 23.9 Å². The largest absolute Gasteiger partial charge is 0.373 e. The Hall–Kier alpha value is -3.06. The number of carbonyl (C=O) groups excluding carboxylic acids is 4. The van der Waals surface area contributed by atoms with Crippen molar-refractivity contribution in [1.29, 1.82) is 0 Å². The van der Waals surface area contributed by atoms with Gasteiger partial charge in [0, 0.05) is 0 Å². The molecule has 1 atom stereocenters. The van der Waals surface area contributed by atoms with Crippen LogP contribution in [0.25, 0.3) is 0 Å². The summed E-state index contributed by atoms with van der Waals surface area (Å²) in [5, 5.41) is 32.6. The second-order valence-corrected chi connectivity index (χ2v) is 6.63. The molecule has 0 radical (unpaired) electrons. The lowest BCUT2D eigenvalue weighted by molar-refractivity contribution is -0.245. The van der Waals surface area contributed by atoms with Crippen molar-refractivity contribution in [2.75, 3.05) is 0 Å². The number of unbranched alkanes of at least 4 members (excludes halogenated alkanes) is 5. The minimum Gasteiger partial charge on any atom is -0.301 e. The third kappa shape index (κ3) is 11.4. The van der Waals surface area contributed by atoms with Crippen LogP contribution in [0, 0.1) is 5.92 Å². The molecule has 0 fully saturated rings. The van der Waals surface area contributed by atoms with E-state index in [0.717, 1.165) is 25.7 Å². The summed E-state index contributed by atoms with van der Waals surface area (Å²) >= 11 is 0. The summed E-state index contributed by atoms with van der Waals surface area (Å²) in [6, 6.07) is 5.40. The Morgan fingerprint density at radius 2 is 1.25 bits per heavy atom. The molecule has 1 aromatic rings. The monoisotopic (exact) mass is 460 g/mol. The van der Waals surface area contributed by atoms with Crippen LogP contribution in [0.4, 0.5) is 0 Å². The lowest BCUT2D eigenvalue weighted by Gasteiger charge is -2.11. The van der Waals surface area contributed by atoms with E-state index in [2.05, 4.69) is 26.5 Å². The summed E-state index contributed by atoms with van der Waals surface area (Å²) in [4.78, 5) is 57.8. The summed E-state index contributed by atoms with van der Waals surface area (Å²) < 4.78 is 0. The second-order valence-electron chi connectivity index (χ2n) is 6.63. The molecular formula is C20H28O12. The molecule has 1 aromatic carbocycles. The smallest absolute Gasteiger partial charge is 0.301 e. The molecule has 0 heterocycles. The Morgan fingerprint density at radius 1 is 0.750 bits per heavy atom. The number of hydrogen-bond donors (Lipinski definition) is 4. The zero-order chi connectivity index (χ0) is 24.4. The normalized spacial score (nSPS) is 10.8. The average Bonchev–Trinajstić information content (AvgIpc) is 2.83. The predicted molar refractivity (Wildman–Crippen MR) is 106 cm³/mol. The average molecular weight is 460 g/mol. The Labute approximate surface area is 184 Å². The van der Waals surface area contributed by atoms with Gasteiger partial charge in [0.25, 0.3) is 0 Å². The summed E-state index contributed by atoms with van der Waals surface area (Å²) in [5.41, 5.74) is -0.400. The van der Waals surface area contributed by atoms with Crippen LogP contribution in [0.1, 0.15) is 79.0 Å². The molecule has 4 N–H and O–H groups in total. The number of benzene rings is 1. The maximum absolute atomic E-state index is 11.2. The summed E-state index contributed by atoms with van der Waals surface area (Å²) in [5.74, 6) is -4.75. The molecule has 0 aliphatic rings. The molecule has 0 bridgehead atoms. The molecule has 0 aromatic heterocycles. The molecule has 0 aliphatic carbocycles. The van der Waals surface area contributed by atoms with E-state index in [9.17, 15) is 19.2 Å². The minimum atomic E-state index is -1.11. The van der Waals surface area contributed by atoms with Crippen molar-refractivity contribution in [3.63, 3.8) is 0 Å². The van der Waals surface area contributed by atoms with Gasteiger partial charge in [-0.05, 0) is 18.6 Å². The van der Waals surface area contributed by atoms with E-state index in [0.29, 0.717) is 6.42 Å². The zero-order valence-electron chi connectivity index (χ0n) is 17.6. The fourth-order valence-electron chi connectivity index (χ4n) is 2.72. The van der Waals surface area contributed by atoms with Gasteiger partial charge in [-0.15, -0.1) is 0 Å². The van der Waals surface area contributed by atoms with Crippen LogP contribution in [-0.4, -0.2) is 44.9 Å². The third-order valence-electron chi connectivity index (χ3n) is 4.38. The van der Waals surface area contributed by atoms with Gasteiger partial charge < -0.3 is 9.78 Å². The van der Waals surface area contributed by atoms with E-state index >= 15 is 0 Å². The lowest BCUT2D eigenvalue weighted by Crippen LogP contribution is -2.20. The molecule has 12 heteroatoms. The van der Waals surface area contributed by atoms with E-state index in [1.807, 2.05) is 0 Å². The van der Waals surface area contributed by atoms with Gasteiger partial charge in [-0.25, -0.2) is 19.2 Å². The second kappa shape index (κ2) is 17.6. The van der Waals surface area contributed by atoms with Crippen molar-refractivity contribution >= 4 is 23.9 Å². The maximum atomic E-state index is 11.2. The molecule has 0 saturated carbocycles. The molecule has 32 heavy (non-hydrogen) atoms. The van der Waals surface area contributed by atoms with Crippen molar-refractivity contribution in [2.24, 2.45) is 5.92 Å². The van der Waals surface area contributed by atoms with E-state index < -0.39 is 29.8 Å². The third-order valence-corrected chi connectivity index (χ3v) is 4.38. The molecule has 1 rings (SSSR count). The fourth-order valence-corrected chi connectivity index (χ4v) is 2.72. The molecule has 0 amide bonds. The predicted octanol–water partition coefficient (Wildman–Crippen LogP) is 3.72. The standard InChI is InChI=1S/C12H22O6.C8H6O6/c1-2-3-4-5-6-7-8-10(12(14)18-16)9-11(13)17-15;9-7(13-11)5-3-1-2-4-6(5)8(10)14-12/h10,15-16H,2-9H2,1H3;1-4,11-12H.